The molecule has 3 heterocycles. The number of sulfonamides is 1. The van der Waals surface area contributed by atoms with Crippen LogP contribution in [-0.4, -0.2) is 42.6 Å². The molecule has 202 valence electrons. The van der Waals surface area contributed by atoms with Crippen molar-refractivity contribution in [2.24, 2.45) is 5.41 Å². The molecule has 0 aliphatic carbocycles. The molecule has 0 atom stereocenters. The van der Waals surface area contributed by atoms with Gasteiger partial charge < -0.3 is 10.0 Å². The van der Waals surface area contributed by atoms with E-state index in [1.165, 1.54) is 25.1 Å². The van der Waals surface area contributed by atoms with Crippen LogP contribution >= 0.6 is 0 Å². The summed E-state index contributed by atoms with van der Waals surface area (Å²) in [5, 5.41) is 9.02. The number of anilines is 2. The third-order valence-corrected chi connectivity index (χ3v) is 7.84. The third kappa shape index (κ3) is 5.57. The summed E-state index contributed by atoms with van der Waals surface area (Å²) >= 11 is 0. The summed E-state index contributed by atoms with van der Waals surface area (Å²) in [6.07, 6.45) is -4.13. The van der Waals surface area contributed by atoms with Gasteiger partial charge in [-0.25, -0.2) is 14.4 Å². The molecule has 2 aromatic heterocycles. The van der Waals surface area contributed by atoms with Gasteiger partial charge in [-0.1, -0.05) is 12.1 Å². The first kappa shape index (κ1) is 27.3. The average Bonchev–Trinajstić information content (AvgIpc) is 2.85. The highest BCUT2D eigenvalue weighted by Gasteiger charge is 2.38. The zero-order valence-corrected chi connectivity index (χ0v) is 21.2. The summed E-state index contributed by atoms with van der Waals surface area (Å²) in [7, 11) is -4.38. The Balaban J connectivity index is 1.64. The summed E-state index contributed by atoms with van der Waals surface area (Å²) in [5.41, 5.74) is -2.46. The molecule has 2 N–H and O–H groups in total. The Morgan fingerprint density at radius 2 is 1.76 bits per heavy atom. The largest absolute Gasteiger partial charge is 0.481 e. The number of carbonyl (C=O) groups is 1. The van der Waals surface area contributed by atoms with Crippen molar-refractivity contribution in [1.82, 2.24) is 9.97 Å². The van der Waals surface area contributed by atoms with Crippen LogP contribution in [0.2, 0.25) is 0 Å². The van der Waals surface area contributed by atoms with Crippen molar-refractivity contribution < 1.29 is 35.9 Å². The minimum Gasteiger partial charge on any atom is -0.481 e. The number of pyridine rings is 2. The number of halogens is 4. The van der Waals surface area contributed by atoms with E-state index < -0.39 is 55.5 Å². The van der Waals surface area contributed by atoms with Crippen molar-refractivity contribution in [3.05, 3.63) is 65.5 Å². The second-order valence-corrected chi connectivity index (χ2v) is 11.0. The zero-order chi connectivity index (χ0) is 27.9. The van der Waals surface area contributed by atoms with E-state index in [1.54, 1.807) is 17.9 Å². The van der Waals surface area contributed by atoms with Crippen LogP contribution in [0, 0.1) is 18.2 Å². The maximum absolute atomic E-state index is 13.9. The van der Waals surface area contributed by atoms with E-state index in [-0.39, 0.29) is 5.56 Å². The van der Waals surface area contributed by atoms with Gasteiger partial charge >= 0.3 is 12.1 Å². The fourth-order valence-electron chi connectivity index (χ4n) is 4.16. The molecule has 1 aromatic carbocycles. The minimum atomic E-state index is -4.82. The molecule has 0 spiro atoms. The van der Waals surface area contributed by atoms with Gasteiger partial charge in [0.15, 0.2) is 5.03 Å². The van der Waals surface area contributed by atoms with Crippen LogP contribution in [0.15, 0.2) is 53.6 Å². The van der Waals surface area contributed by atoms with E-state index in [1.807, 2.05) is 0 Å². The normalized spacial score (nSPS) is 15.8. The molecule has 0 saturated carbocycles. The fourth-order valence-corrected chi connectivity index (χ4v) is 5.13. The lowest BCUT2D eigenvalue weighted by molar-refractivity contribution is -0.149. The lowest BCUT2D eigenvalue weighted by atomic mass is 9.80. The Morgan fingerprint density at radius 3 is 2.39 bits per heavy atom. The molecule has 0 radical (unpaired) electrons. The van der Waals surface area contributed by atoms with Crippen molar-refractivity contribution >= 4 is 27.6 Å². The summed E-state index contributed by atoms with van der Waals surface area (Å²) in [6.45, 7) is 3.84. The van der Waals surface area contributed by atoms with Gasteiger partial charge in [-0.05, 0) is 68.7 Å². The van der Waals surface area contributed by atoms with Crippen LogP contribution in [0.1, 0.15) is 30.9 Å². The number of hydrogen-bond acceptors (Lipinski definition) is 6. The molecular weight excluding hydrogens is 528 g/mol. The van der Waals surface area contributed by atoms with Crippen LogP contribution in [-0.2, 0) is 21.0 Å². The zero-order valence-electron chi connectivity index (χ0n) is 20.4. The Bertz CT molecular complexity index is 1490. The predicted molar refractivity (Wildman–Crippen MR) is 132 cm³/mol. The quantitative estimate of drug-likeness (QED) is 0.409. The van der Waals surface area contributed by atoms with Crippen LogP contribution in [0.4, 0.5) is 29.2 Å². The smallest absolute Gasteiger partial charge is 0.418 e. The van der Waals surface area contributed by atoms with E-state index >= 15 is 0 Å². The SMILES string of the molecule is Cc1ccc(F)cc1-c1nc(NS(=O)(=O)c2cccc(N3CCC(C)(C(=O)O)CC3)n2)ccc1C(F)(F)F. The summed E-state index contributed by atoms with van der Waals surface area (Å²) in [5.74, 6) is -1.76. The number of rotatable bonds is 6. The van der Waals surface area contributed by atoms with Crippen LogP contribution in [0.5, 0.6) is 0 Å². The molecule has 0 amide bonds. The number of alkyl halides is 3. The van der Waals surface area contributed by atoms with E-state index in [0.29, 0.717) is 43.4 Å². The maximum atomic E-state index is 13.9. The number of carboxylic acids is 1. The molecule has 3 aromatic rings. The second kappa shape index (κ2) is 9.86. The lowest BCUT2D eigenvalue weighted by Gasteiger charge is -2.37. The standard InChI is InChI=1S/C25H24F4N4O4S/c1-15-6-7-16(26)14-17(15)22-18(25(27,28)29)8-9-19(30-22)32-38(36,37)21-5-3-4-20(31-21)33-12-10-24(2,11-13-33)23(34)35/h3-9,14H,10-13H2,1-2H3,(H,30,32)(H,34,35). The van der Waals surface area contributed by atoms with Crippen LogP contribution < -0.4 is 9.62 Å². The van der Waals surface area contributed by atoms with Crippen molar-refractivity contribution in [2.75, 3.05) is 22.7 Å². The van der Waals surface area contributed by atoms with Crippen molar-refractivity contribution in [3.8, 4) is 11.3 Å². The van der Waals surface area contributed by atoms with E-state index in [4.69, 9.17) is 0 Å². The number of benzene rings is 1. The number of hydrogen-bond donors (Lipinski definition) is 2. The number of nitrogens with one attached hydrogen (secondary N) is 1. The Morgan fingerprint density at radius 1 is 1.08 bits per heavy atom. The molecule has 1 saturated heterocycles. The van der Waals surface area contributed by atoms with Gasteiger partial charge in [-0.2, -0.15) is 21.6 Å². The first-order valence-electron chi connectivity index (χ1n) is 11.5. The Hall–Kier alpha value is -3.74. The van der Waals surface area contributed by atoms with Crippen molar-refractivity contribution in [3.63, 3.8) is 0 Å². The Kier molecular flexibility index (Phi) is 7.08. The molecular formula is C25H24F4N4O4S. The van der Waals surface area contributed by atoms with Crippen LogP contribution in [0.25, 0.3) is 11.3 Å². The molecule has 38 heavy (non-hydrogen) atoms. The minimum absolute atomic E-state index is 0.128. The van der Waals surface area contributed by atoms with Gasteiger partial charge in [0.25, 0.3) is 10.0 Å². The number of aliphatic carboxylic acids is 1. The van der Waals surface area contributed by atoms with E-state index in [9.17, 15) is 35.9 Å². The highest BCUT2D eigenvalue weighted by molar-refractivity contribution is 7.92. The summed E-state index contributed by atoms with van der Waals surface area (Å²) < 4.78 is 83.3. The Labute approximate surface area is 216 Å². The highest BCUT2D eigenvalue weighted by atomic mass is 32.2. The molecule has 0 bridgehead atoms. The number of carboxylic acid groups (broad SMARTS) is 1. The molecule has 4 rings (SSSR count). The first-order valence-corrected chi connectivity index (χ1v) is 13.0. The van der Waals surface area contributed by atoms with E-state index in [2.05, 4.69) is 14.7 Å². The molecule has 8 nitrogen and oxygen atoms in total. The molecule has 1 aliphatic rings. The fraction of sp³-hybridized carbons (Fsp3) is 0.320. The average molecular weight is 553 g/mol. The monoisotopic (exact) mass is 552 g/mol. The maximum Gasteiger partial charge on any atom is 0.418 e. The molecule has 1 fully saturated rings. The number of aromatic nitrogens is 2. The summed E-state index contributed by atoms with van der Waals surface area (Å²) in [6, 6.07) is 9.14. The second-order valence-electron chi connectivity index (χ2n) is 9.34. The lowest BCUT2D eigenvalue weighted by Crippen LogP contribution is -2.43. The topological polar surface area (TPSA) is 112 Å². The number of nitrogens with zero attached hydrogens (tertiary/aromatic N) is 3. The molecule has 0 unspecified atom stereocenters. The van der Waals surface area contributed by atoms with Gasteiger partial charge in [0.05, 0.1) is 16.7 Å². The van der Waals surface area contributed by atoms with Gasteiger partial charge in [-0.3, -0.25) is 9.52 Å². The van der Waals surface area contributed by atoms with Gasteiger partial charge in [0.1, 0.15) is 17.5 Å². The molecule has 1 aliphatic heterocycles. The number of piperidine rings is 1. The van der Waals surface area contributed by atoms with Gasteiger partial charge in [0.2, 0.25) is 0 Å². The highest BCUT2D eigenvalue weighted by Crippen LogP contribution is 2.38. The molecule has 13 heteroatoms. The van der Waals surface area contributed by atoms with Crippen molar-refractivity contribution in [2.45, 2.75) is 37.9 Å². The van der Waals surface area contributed by atoms with Crippen molar-refractivity contribution in [1.29, 1.82) is 0 Å². The van der Waals surface area contributed by atoms with Crippen LogP contribution in [0.3, 0.4) is 0 Å². The van der Waals surface area contributed by atoms with Gasteiger partial charge in [0, 0.05) is 18.7 Å². The van der Waals surface area contributed by atoms with Gasteiger partial charge in [-0.15, -0.1) is 0 Å². The number of aryl methyl sites for hydroxylation is 1. The van der Waals surface area contributed by atoms with E-state index in [0.717, 1.165) is 18.2 Å². The predicted octanol–water partition coefficient (Wildman–Crippen LogP) is 5.10. The third-order valence-electron chi connectivity index (χ3n) is 6.59. The summed E-state index contributed by atoms with van der Waals surface area (Å²) in [4.78, 5) is 21.4. The first-order chi connectivity index (χ1) is 17.7.